The zero-order valence-corrected chi connectivity index (χ0v) is 12.4. The van der Waals surface area contributed by atoms with E-state index in [0.717, 1.165) is 12.1 Å². The molecule has 9 heteroatoms. The number of nitrogens with one attached hydrogen (secondary N) is 1. The quantitative estimate of drug-likeness (QED) is 0.647. The summed E-state index contributed by atoms with van der Waals surface area (Å²) in [4.78, 5) is -0.712. The fourth-order valence-corrected chi connectivity index (χ4v) is 2.95. The van der Waals surface area contributed by atoms with Crippen LogP contribution in [0.1, 0.15) is 0 Å². The lowest BCUT2D eigenvalue weighted by Gasteiger charge is -2.09. The smallest absolute Gasteiger partial charge is 0.264 e. The Morgan fingerprint density at radius 1 is 0.905 bits per heavy atom. The van der Waals surface area contributed by atoms with Crippen LogP contribution in [0.4, 0.5) is 23.2 Å². The van der Waals surface area contributed by atoms with E-state index in [9.17, 15) is 26.0 Å². The van der Waals surface area contributed by atoms with Gasteiger partial charge >= 0.3 is 0 Å². The van der Waals surface area contributed by atoms with Crippen molar-refractivity contribution in [3.05, 3.63) is 58.1 Å². The van der Waals surface area contributed by atoms with Crippen molar-refractivity contribution in [1.82, 2.24) is 0 Å². The third kappa shape index (κ3) is 3.35. The predicted octanol–water partition coefficient (Wildman–Crippen LogP) is 3.81. The molecule has 0 atom stereocenters. The van der Waals surface area contributed by atoms with E-state index >= 15 is 0 Å². The molecule has 0 radical (unpaired) electrons. The number of halogens is 5. The zero-order chi connectivity index (χ0) is 15.8. The van der Waals surface area contributed by atoms with E-state index in [1.165, 1.54) is 6.07 Å². The molecule has 0 saturated carbocycles. The molecule has 0 heterocycles. The minimum atomic E-state index is -4.41. The van der Waals surface area contributed by atoms with Crippen LogP contribution in [-0.4, -0.2) is 8.42 Å². The van der Waals surface area contributed by atoms with Gasteiger partial charge in [-0.25, -0.2) is 26.0 Å². The zero-order valence-electron chi connectivity index (χ0n) is 10.0. The van der Waals surface area contributed by atoms with Crippen molar-refractivity contribution in [3.8, 4) is 0 Å². The third-order valence-corrected chi connectivity index (χ3v) is 4.33. The normalized spacial score (nSPS) is 11.5. The Morgan fingerprint density at radius 3 is 2.00 bits per heavy atom. The van der Waals surface area contributed by atoms with Gasteiger partial charge in [-0.05, 0) is 18.2 Å². The number of hydrogen-bond acceptors (Lipinski definition) is 2. The SMILES string of the molecule is O=S(=O)(Nc1cc(F)c(F)c(F)c1)c1ccc(Br)cc1F. The highest BCUT2D eigenvalue weighted by Crippen LogP contribution is 2.24. The molecule has 0 spiro atoms. The van der Waals surface area contributed by atoms with Gasteiger partial charge in [-0.15, -0.1) is 0 Å². The lowest BCUT2D eigenvalue weighted by atomic mass is 10.3. The van der Waals surface area contributed by atoms with E-state index in [1.807, 2.05) is 0 Å². The fraction of sp³-hybridized carbons (Fsp3) is 0. The maximum absolute atomic E-state index is 13.6. The van der Waals surface area contributed by atoms with Crippen LogP contribution >= 0.6 is 15.9 Å². The largest absolute Gasteiger partial charge is 0.279 e. The molecule has 2 rings (SSSR count). The second-order valence-corrected chi connectivity index (χ2v) is 6.50. The van der Waals surface area contributed by atoms with Crippen LogP contribution in [0.2, 0.25) is 0 Å². The van der Waals surface area contributed by atoms with Crippen molar-refractivity contribution < 1.29 is 26.0 Å². The Hall–Kier alpha value is -1.61. The minimum absolute atomic E-state index is 0.317. The van der Waals surface area contributed by atoms with Crippen LogP contribution in [0.5, 0.6) is 0 Å². The highest BCUT2D eigenvalue weighted by molar-refractivity contribution is 9.10. The third-order valence-electron chi connectivity index (χ3n) is 2.42. The van der Waals surface area contributed by atoms with Gasteiger partial charge in [0.1, 0.15) is 10.7 Å². The lowest BCUT2D eigenvalue weighted by molar-refractivity contribution is 0.448. The molecule has 0 aliphatic rings. The monoisotopic (exact) mass is 383 g/mol. The molecule has 2 aromatic rings. The standard InChI is InChI=1S/C12H6BrF4NO2S/c13-6-1-2-11(8(14)3-6)21(19,20)18-7-4-9(15)12(17)10(16)5-7/h1-5,18H. The molecule has 21 heavy (non-hydrogen) atoms. The molecule has 112 valence electrons. The van der Waals surface area contributed by atoms with E-state index in [2.05, 4.69) is 15.9 Å². The van der Waals surface area contributed by atoms with E-state index in [1.54, 1.807) is 4.72 Å². The van der Waals surface area contributed by atoms with Crippen LogP contribution in [0.3, 0.4) is 0 Å². The highest BCUT2D eigenvalue weighted by atomic mass is 79.9. The average molecular weight is 384 g/mol. The van der Waals surface area contributed by atoms with Gasteiger partial charge in [0, 0.05) is 16.6 Å². The first-order valence-corrected chi connectivity index (χ1v) is 7.61. The Labute approximate surface area is 125 Å². The molecule has 0 unspecified atom stereocenters. The Morgan fingerprint density at radius 2 is 1.48 bits per heavy atom. The summed E-state index contributed by atoms with van der Waals surface area (Å²) in [5, 5.41) is 0. The molecule has 0 fully saturated rings. The summed E-state index contributed by atoms with van der Waals surface area (Å²) in [5.41, 5.74) is -0.561. The fourth-order valence-electron chi connectivity index (χ4n) is 1.52. The van der Waals surface area contributed by atoms with E-state index in [4.69, 9.17) is 0 Å². The number of hydrogen-bond donors (Lipinski definition) is 1. The molecule has 0 bridgehead atoms. The summed E-state index contributed by atoms with van der Waals surface area (Å²) in [5.74, 6) is -5.92. The molecule has 0 saturated heterocycles. The van der Waals surface area contributed by atoms with Crippen LogP contribution in [0.25, 0.3) is 0 Å². The van der Waals surface area contributed by atoms with Gasteiger partial charge < -0.3 is 0 Å². The van der Waals surface area contributed by atoms with Crippen LogP contribution in [-0.2, 0) is 10.0 Å². The first-order valence-electron chi connectivity index (χ1n) is 5.33. The Bertz CT molecular complexity index is 788. The summed E-state index contributed by atoms with van der Waals surface area (Å²) < 4.78 is 78.4. The highest BCUT2D eigenvalue weighted by Gasteiger charge is 2.21. The molecular formula is C12H6BrF4NO2S. The molecule has 0 aromatic heterocycles. The minimum Gasteiger partial charge on any atom is -0.279 e. The van der Waals surface area contributed by atoms with E-state index in [-0.39, 0.29) is 0 Å². The summed E-state index contributed by atoms with van der Waals surface area (Å²) in [6, 6.07) is 4.07. The average Bonchev–Trinajstić information content (AvgIpc) is 2.34. The van der Waals surface area contributed by atoms with Gasteiger partial charge in [0.05, 0.1) is 5.69 Å². The van der Waals surface area contributed by atoms with Gasteiger partial charge in [-0.2, -0.15) is 0 Å². The van der Waals surface area contributed by atoms with Crippen LogP contribution in [0, 0.1) is 23.3 Å². The van der Waals surface area contributed by atoms with Crippen LogP contribution < -0.4 is 4.72 Å². The molecule has 0 aliphatic heterocycles. The van der Waals surface area contributed by atoms with E-state index in [0.29, 0.717) is 16.6 Å². The Balaban J connectivity index is 2.42. The van der Waals surface area contributed by atoms with Gasteiger partial charge in [0.2, 0.25) is 0 Å². The number of anilines is 1. The predicted molar refractivity (Wildman–Crippen MR) is 71.2 cm³/mol. The van der Waals surface area contributed by atoms with Crippen molar-refractivity contribution in [2.75, 3.05) is 4.72 Å². The summed E-state index contributed by atoms with van der Waals surface area (Å²) in [6.07, 6.45) is 0. The second-order valence-electron chi connectivity index (χ2n) is 3.93. The molecule has 1 N–H and O–H groups in total. The molecule has 3 nitrogen and oxygen atoms in total. The molecule has 0 amide bonds. The lowest BCUT2D eigenvalue weighted by Crippen LogP contribution is -2.15. The summed E-state index contributed by atoms with van der Waals surface area (Å²) in [6.45, 7) is 0. The van der Waals surface area contributed by atoms with Crippen molar-refractivity contribution in [3.63, 3.8) is 0 Å². The van der Waals surface area contributed by atoms with Crippen molar-refractivity contribution in [2.24, 2.45) is 0 Å². The van der Waals surface area contributed by atoms with Crippen LogP contribution in [0.15, 0.2) is 39.7 Å². The summed E-state index contributed by atoms with van der Waals surface area (Å²) in [7, 11) is -4.41. The molecule has 0 aliphatic carbocycles. The maximum atomic E-state index is 13.6. The van der Waals surface area contributed by atoms with Gasteiger partial charge in [-0.1, -0.05) is 15.9 Å². The molecule has 2 aromatic carbocycles. The van der Waals surface area contributed by atoms with Crippen molar-refractivity contribution in [2.45, 2.75) is 4.90 Å². The van der Waals surface area contributed by atoms with Gasteiger partial charge in [0.15, 0.2) is 17.5 Å². The summed E-state index contributed by atoms with van der Waals surface area (Å²) >= 11 is 2.96. The number of benzene rings is 2. The van der Waals surface area contributed by atoms with Crippen molar-refractivity contribution in [1.29, 1.82) is 0 Å². The topological polar surface area (TPSA) is 46.2 Å². The number of rotatable bonds is 3. The number of sulfonamides is 1. The maximum Gasteiger partial charge on any atom is 0.264 e. The van der Waals surface area contributed by atoms with Gasteiger partial charge in [0.25, 0.3) is 10.0 Å². The molecular weight excluding hydrogens is 378 g/mol. The van der Waals surface area contributed by atoms with Crippen molar-refractivity contribution >= 4 is 31.6 Å². The first kappa shape index (κ1) is 15.8. The van der Waals surface area contributed by atoms with Gasteiger partial charge in [-0.3, -0.25) is 4.72 Å². The Kier molecular flexibility index (Phi) is 4.24. The second kappa shape index (κ2) is 5.64. The van der Waals surface area contributed by atoms with E-state index < -0.39 is 43.9 Å². The first-order chi connectivity index (χ1) is 9.70.